The molecule has 0 heterocycles. The van der Waals surface area contributed by atoms with Crippen molar-refractivity contribution in [1.29, 1.82) is 0 Å². The van der Waals surface area contributed by atoms with Crippen LogP contribution in [0, 0.1) is 6.92 Å². The van der Waals surface area contributed by atoms with Crippen molar-refractivity contribution in [2.75, 3.05) is 24.8 Å². The molecular formula is C16H18N2O2. The number of methoxy groups -OCH3 is 1. The monoisotopic (exact) mass is 270 g/mol. The van der Waals surface area contributed by atoms with E-state index in [1.54, 1.807) is 12.1 Å². The number of hydrogen-bond acceptors (Lipinski definition) is 4. The first kappa shape index (κ1) is 13.9. The van der Waals surface area contributed by atoms with E-state index in [1.807, 2.05) is 49.2 Å². The summed E-state index contributed by atoms with van der Waals surface area (Å²) >= 11 is 0. The van der Waals surface area contributed by atoms with E-state index in [9.17, 15) is 4.79 Å². The number of esters is 1. The summed E-state index contributed by atoms with van der Waals surface area (Å²) in [7, 11) is 3.28. The van der Waals surface area contributed by atoms with E-state index in [0.29, 0.717) is 11.3 Å². The van der Waals surface area contributed by atoms with Crippen LogP contribution in [0.25, 0.3) is 0 Å². The number of aryl methyl sites for hydroxylation is 1. The molecule has 0 spiro atoms. The summed E-state index contributed by atoms with van der Waals surface area (Å²) in [5, 5.41) is 0. The fourth-order valence-corrected chi connectivity index (χ4v) is 2.19. The molecule has 2 N–H and O–H groups in total. The van der Waals surface area contributed by atoms with Gasteiger partial charge in [-0.05, 0) is 36.8 Å². The lowest BCUT2D eigenvalue weighted by Crippen LogP contribution is -2.16. The van der Waals surface area contributed by atoms with E-state index in [-0.39, 0.29) is 0 Å². The Labute approximate surface area is 118 Å². The van der Waals surface area contributed by atoms with E-state index < -0.39 is 5.97 Å². The average Bonchev–Trinajstić information content (AvgIpc) is 2.46. The summed E-state index contributed by atoms with van der Waals surface area (Å²) in [6.45, 7) is 2.03. The summed E-state index contributed by atoms with van der Waals surface area (Å²) < 4.78 is 4.83. The molecule has 4 heteroatoms. The summed E-state index contributed by atoms with van der Waals surface area (Å²) in [5.74, 6) is -0.396. The van der Waals surface area contributed by atoms with Gasteiger partial charge in [0.1, 0.15) is 0 Å². The second-order valence-electron chi connectivity index (χ2n) is 4.61. The molecule has 0 aliphatic heterocycles. The van der Waals surface area contributed by atoms with Gasteiger partial charge in [0.05, 0.1) is 18.4 Å². The smallest absolute Gasteiger partial charge is 0.340 e. The van der Waals surface area contributed by atoms with E-state index >= 15 is 0 Å². The number of ether oxygens (including phenoxy) is 1. The summed E-state index contributed by atoms with van der Waals surface area (Å²) in [4.78, 5) is 13.9. The molecule has 0 saturated carbocycles. The Bertz CT molecular complexity index is 638. The highest BCUT2D eigenvalue weighted by Crippen LogP contribution is 2.30. The molecule has 2 aromatic carbocycles. The first-order valence-corrected chi connectivity index (χ1v) is 6.31. The van der Waals surface area contributed by atoms with Crippen LogP contribution in [0.15, 0.2) is 42.5 Å². The highest BCUT2D eigenvalue weighted by Gasteiger charge is 2.17. The van der Waals surface area contributed by atoms with E-state index in [2.05, 4.69) is 0 Å². The van der Waals surface area contributed by atoms with Crippen molar-refractivity contribution in [3.8, 4) is 0 Å². The lowest BCUT2D eigenvalue weighted by molar-refractivity contribution is 0.0601. The number of carbonyl (C=O) groups is 1. The summed E-state index contributed by atoms with van der Waals surface area (Å²) in [6.07, 6.45) is 0. The number of anilines is 3. The van der Waals surface area contributed by atoms with Crippen molar-refractivity contribution in [3.63, 3.8) is 0 Å². The van der Waals surface area contributed by atoms with Gasteiger partial charge < -0.3 is 15.4 Å². The number of para-hydroxylation sites is 1. The molecule has 20 heavy (non-hydrogen) atoms. The van der Waals surface area contributed by atoms with Gasteiger partial charge >= 0.3 is 5.97 Å². The Hall–Kier alpha value is -2.49. The van der Waals surface area contributed by atoms with Crippen LogP contribution in [-0.4, -0.2) is 20.1 Å². The summed E-state index contributed by atoms with van der Waals surface area (Å²) in [5.41, 5.74) is 9.68. The van der Waals surface area contributed by atoms with Crippen LogP contribution in [0.4, 0.5) is 17.1 Å². The molecule has 0 aliphatic carbocycles. The Morgan fingerprint density at radius 3 is 2.50 bits per heavy atom. The predicted molar refractivity (Wildman–Crippen MR) is 81.4 cm³/mol. The standard InChI is InChI=1S/C16H18N2O2/c1-11-6-4-5-7-14(11)18(2)15-9-8-12(17)10-13(15)16(19)20-3/h4-10H,17H2,1-3H3. The minimum Gasteiger partial charge on any atom is -0.465 e. The Morgan fingerprint density at radius 1 is 1.15 bits per heavy atom. The zero-order chi connectivity index (χ0) is 14.7. The second-order valence-corrected chi connectivity index (χ2v) is 4.61. The fourth-order valence-electron chi connectivity index (χ4n) is 2.19. The van der Waals surface area contributed by atoms with Crippen molar-refractivity contribution < 1.29 is 9.53 Å². The Balaban J connectivity index is 2.52. The van der Waals surface area contributed by atoms with Crippen LogP contribution in [0.5, 0.6) is 0 Å². The van der Waals surface area contributed by atoms with Gasteiger partial charge in [0.2, 0.25) is 0 Å². The normalized spacial score (nSPS) is 10.2. The molecule has 0 saturated heterocycles. The van der Waals surface area contributed by atoms with E-state index in [0.717, 1.165) is 16.9 Å². The SMILES string of the molecule is COC(=O)c1cc(N)ccc1N(C)c1ccccc1C. The highest BCUT2D eigenvalue weighted by molar-refractivity contribution is 5.98. The largest absolute Gasteiger partial charge is 0.465 e. The van der Waals surface area contributed by atoms with Gasteiger partial charge in [0.25, 0.3) is 0 Å². The second kappa shape index (κ2) is 5.65. The molecule has 0 fully saturated rings. The van der Waals surface area contributed by atoms with Crippen molar-refractivity contribution in [3.05, 3.63) is 53.6 Å². The van der Waals surface area contributed by atoms with E-state index in [4.69, 9.17) is 10.5 Å². The molecular weight excluding hydrogens is 252 g/mol. The van der Waals surface area contributed by atoms with Crippen LogP contribution < -0.4 is 10.6 Å². The van der Waals surface area contributed by atoms with Crippen molar-refractivity contribution in [1.82, 2.24) is 0 Å². The zero-order valence-electron chi connectivity index (χ0n) is 11.9. The topological polar surface area (TPSA) is 55.6 Å². The first-order valence-electron chi connectivity index (χ1n) is 6.31. The molecule has 4 nitrogen and oxygen atoms in total. The van der Waals surface area contributed by atoms with Crippen molar-refractivity contribution in [2.24, 2.45) is 0 Å². The van der Waals surface area contributed by atoms with Gasteiger partial charge in [0, 0.05) is 18.4 Å². The lowest BCUT2D eigenvalue weighted by Gasteiger charge is -2.23. The lowest BCUT2D eigenvalue weighted by atomic mass is 10.1. The van der Waals surface area contributed by atoms with Crippen LogP contribution >= 0.6 is 0 Å². The van der Waals surface area contributed by atoms with E-state index in [1.165, 1.54) is 7.11 Å². The predicted octanol–water partition coefficient (Wildman–Crippen LogP) is 3.13. The van der Waals surface area contributed by atoms with Gasteiger partial charge in [-0.25, -0.2) is 4.79 Å². The third-order valence-electron chi connectivity index (χ3n) is 3.26. The fraction of sp³-hybridized carbons (Fsp3) is 0.188. The minimum atomic E-state index is -0.396. The summed E-state index contributed by atoms with van der Waals surface area (Å²) in [6, 6.07) is 13.2. The van der Waals surface area contributed by atoms with Gasteiger partial charge in [-0.2, -0.15) is 0 Å². The van der Waals surface area contributed by atoms with Crippen LogP contribution in [-0.2, 0) is 4.74 Å². The number of nitrogen functional groups attached to an aromatic ring is 1. The zero-order valence-corrected chi connectivity index (χ0v) is 11.9. The third kappa shape index (κ3) is 2.59. The molecule has 0 aromatic heterocycles. The Morgan fingerprint density at radius 2 is 1.85 bits per heavy atom. The highest BCUT2D eigenvalue weighted by atomic mass is 16.5. The maximum Gasteiger partial charge on any atom is 0.340 e. The quantitative estimate of drug-likeness (QED) is 0.687. The number of rotatable bonds is 3. The molecule has 0 amide bonds. The van der Waals surface area contributed by atoms with Crippen molar-refractivity contribution >= 4 is 23.0 Å². The van der Waals surface area contributed by atoms with Crippen LogP contribution in [0.3, 0.4) is 0 Å². The maximum atomic E-state index is 11.9. The number of benzene rings is 2. The molecule has 104 valence electrons. The molecule has 0 radical (unpaired) electrons. The van der Waals surface area contributed by atoms with Crippen molar-refractivity contribution in [2.45, 2.75) is 6.92 Å². The maximum absolute atomic E-state index is 11.9. The number of nitrogens with zero attached hydrogens (tertiary/aromatic N) is 1. The first-order chi connectivity index (χ1) is 9.54. The molecule has 0 atom stereocenters. The molecule has 0 aliphatic rings. The van der Waals surface area contributed by atoms with Crippen LogP contribution in [0.1, 0.15) is 15.9 Å². The molecule has 2 rings (SSSR count). The van der Waals surface area contributed by atoms with Gasteiger partial charge in [-0.1, -0.05) is 18.2 Å². The average molecular weight is 270 g/mol. The Kier molecular flexibility index (Phi) is 3.94. The van der Waals surface area contributed by atoms with Gasteiger partial charge in [-0.3, -0.25) is 0 Å². The number of hydrogen-bond donors (Lipinski definition) is 1. The number of nitrogens with two attached hydrogens (primary N) is 1. The minimum absolute atomic E-state index is 0.396. The van der Waals surface area contributed by atoms with Gasteiger partial charge in [0.15, 0.2) is 0 Å². The number of carbonyl (C=O) groups excluding carboxylic acids is 1. The molecule has 2 aromatic rings. The van der Waals surface area contributed by atoms with Gasteiger partial charge in [-0.15, -0.1) is 0 Å². The molecule has 0 unspecified atom stereocenters. The third-order valence-corrected chi connectivity index (χ3v) is 3.26. The molecule has 0 bridgehead atoms. The van der Waals surface area contributed by atoms with Crippen LogP contribution in [0.2, 0.25) is 0 Å².